The topological polar surface area (TPSA) is 96.0 Å². The second-order valence-electron chi connectivity index (χ2n) is 5.17. The van der Waals surface area contributed by atoms with Gasteiger partial charge in [0.2, 0.25) is 0 Å². The zero-order valence-electron chi connectivity index (χ0n) is 13.5. The summed E-state index contributed by atoms with van der Waals surface area (Å²) in [5.41, 5.74) is 2.28. The zero-order valence-corrected chi connectivity index (χ0v) is 15.1. The molecule has 3 amide bonds. The number of urea groups is 1. The Hall–Kier alpha value is -2.78. The van der Waals surface area contributed by atoms with E-state index in [0.717, 1.165) is 16.9 Å². The van der Waals surface area contributed by atoms with Gasteiger partial charge in [0, 0.05) is 17.3 Å². The van der Waals surface area contributed by atoms with Crippen molar-refractivity contribution < 1.29 is 9.59 Å². The van der Waals surface area contributed by atoms with Gasteiger partial charge >= 0.3 is 6.03 Å². The number of benzene rings is 1. The van der Waals surface area contributed by atoms with E-state index in [4.69, 9.17) is 0 Å². The lowest BCUT2D eigenvalue weighted by Crippen LogP contribution is -2.19. The molecule has 1 aromatic carbocycles. The van der Waals surface area contributed by atoms with Crippen LogP contribution in [0.5, 0.6) is 0 Å². The Bertz CT molecular complexity index is 905. The number of carbonyl (C=O) groups is 2. The van der Waals surface area contributed by atoms with Crippen LogP contribution >= 0.6 is 22.7 Å². The fraction of sp³-hybridized carbons (Fsp3) is 0.125. The number of nitrogens with one attached hydrogen (secondary N) is 3. The molecular weight excluding hydrogens is 358 g/mol. The van der Waals surface area contributed by atoms with Gasteiger partial charge in [0.05, 0.1) is 5.69 Å². The molecule has 7 nitrogen and oxygen atoms in total. The molecule has 3 rings (SSSR count). The van der Waals surface area contributed by atoms with Gasteiger partial charge in [0.1, 0.15) is 4.88 Å². The monoisotopic (exact) mass is 373 g/mol. The molecule has 2 aromatic heterocycles. The zero-order chi connectivity index (χ0) is 17.8. The van der Waals surface area contributed by atoms with Crippen LogP contribution in [0, 0.1) is 13.8 Å². The van der Waals surface area contributed by atoms with Crippen molar-refractivity contribution in [2.24, 2.45) is 0 Å². The highest BCUT2D eigenvalue weighted by Crippen LogP contribution is 2.24. The Morgan fingerprint density at radius 1 is 1.08 bits per heavy atom. The van der Waals surface area contributed by atoms with Crippen molar-refractivity contribution in [3.05, 3.63) is 52.0 Å². The van der Waals surface area contributed by atoms with E-state index in [-0.39, 0.29) is 5.91 Å². The molecule has 25 heavy (non-hydrogen) atoms. The minimum atomic E-state index is -0.411. The number of anilines is 3. The van der Waals surface area contributed by atoms with Crippen LogP contribution in [0.1, 0.15) is 20.9 Å². The normalized spacial score (nSPS) is 10.3. The quantitative estimate of drug-likeness (QED) is 0.641. The molecule has 0 aliphatic heterocycles. The van der Waals surface area contributed by atoms with Crippen LogP contribution in [0.3, 0.4) is 0 Å². The minimum absolute atomic E-state index is 0.294. The number of aryl methyl sites for hydroxylation is 2. The summed E-state index contributed by atoms with van der Waals surface area (Å²) < 4.78 is 0. The summed E-state index contributed by atoms with van der Waals surface area (Å²) in [6, 6.07) is 7.05. The first kappa shape index (κ1) is 17.1. The van der Waals surface area contributed by atoms with E-state index in [2.05, 4.69) is 25.9 Å². The number of hydrogen-bond donors (Lipinski definition) is 3. The van der Waals surface area contributed by atoms with E-state index in [1.807, 2.05) is 25.1 Å². The molecule has 2 heterocycles. The van der Waals surface area contributed by atoms with Gasteiger partial charge < -0.3 is 5.32 Å². The second kappa shape index (κ2) is 7.41. The molecule has 3 aromatic rings. The number of thiazole rings is 2. The maximum absolute atomic E-state index is 12.3. The van der Waals surface area contributed by atoms with Crippen LogP contribution in [0.25, 0.3) is 0 Å². The molecule has 0 aliphatic rings. The molecule has 0 fully saturated rings. The number of carbonyl (C=O) groups excluding carboxylic acids is 2. The molecule has 0 unspecified atom stereocenters. The number of amides is 3. The van der Waals surface area contributed by atoms with Gasteiger partial charge in [-0.05, 0) is 31.5 Å². The Kier molecular flexibility index (Phi) is 5.05. The molecule has 0 spiro atoms. The van der Waals surface area contributed by atoms with Crippen LogP contribution in [0.15, 0.2) is 35.8 Å². The van der Waals surface area contributed by atoms with E-state index >= 15 is 0 Å². The maximum Gasteiger partial charge on any atom is 0.325 e. The summed E-state index contributed by atoms with van der Waals surface area (Å²) >= 11 is 2.45. The van der Waals surface area contributed by atoms with Crippen molar-refractivity contribution in [3.8, 4) is 0 Å². The smallest absolute Gasteiger partial charge is 0.308 e. The predicted octanol–water partition coefficient (Wildman–Crippen LogP) is 4.11. The van der Waals surface area contributed by atoms with Gasteiger partial charge in [0.15, 0.2) is 10.3 Å². The second-order valence-corrected chi connectivity index (χ2v) is 7.07. The summed E-state index contributed by atoms with van der Waals surface area (Å²) in [4.78, 5) is 33.0. The van der Waals surface area contributed by atoms with Crippen LogP contribution in [0.4, 0.5) is 20.7 Å². The summed E-state index contributed by atoms with van der Waals surface area (Å²) in [7, 11) is 0. The van der Waals surface area contributed by atoms with Gasteiger partial charge in [0.25, 0.3) is 5.91 Å². The molecule has 0 radical (unpaired) electrons. The lowest BCUT2D eigenvalue weighted by Gasteiger charge is -2.05. The molecule has 128 valence electrons. The van der Waals surface area contributed by atoms with Gasteiger partial charge in [-0.25, -0.2) is 14.8 Å². The van der Waals surface area contributed by atoms with E-state index in [1.54, 1.807) is 24.6 Å². The van der Waals surface area contributed by atoms with Crippen LogP contribution in [-0.4, -0.2) is 21.9 Å². The van der Waals surface area contributed by atoms with Gasteiger partial charge in [-0.1, -0.05) is 23.5 Å². The Balaban J connectivity index is 1.65. The minimum Gasteiger partial charge on any atom is -0.308 e. The fourth-order valence-electron chi connectivity index (χ4n) is 2.08. The Morgan fingerprint density at radius 3 is 2.64 bits per heavy atom. The van der Waals surface area contributed by atoms with Crippen molar-refractivity contribution in [1.29, 1.82) is 0 Å². The average Bonchev–Trinajstić information content (AvgIpc) is 3.16. The van der Waals surface area contributed by atoms with Crippen molar-refractivity contribution in [1.82, 2.24) is 9.97 Å². The van der Waals surface area contributed by atoms with E-state index in [9.17, 15) is 9.59 Å². The summed E-state index contributed by atoms with van der Waals surface area (Å²) in [6.07, 6.45) is 1.61. The van der Waals surface area contributed by atoms with Gasteiger partial charge in [-0.15, -0.1) is 11.3 Å². The Morgan fingerprint density at radius 2 is 1.92 bits per heavy atom. The van der Waals surface area contributed by atoms with Crippen LogP contribution in [-0.2, 0) is 0 Å². The van der Waals surface area contributed by atoms with Crippen molar-refractivity contribution >= 4 is 50.6 Å². The van der Waals surface area contributed by atoms with Gasteiger partial charge in [-0.3, -0.25) is 15.4 Å². The molecule has 9 heteroatoms. The lowest BCUT2D eigenvalue weighted by atomic mass is 10.2. The van der Waals surface area contributed by atoms with E-state index in [0.29, 0.717) is 26.5 Å². The molecule has 0 atom stereocenters. The number of rotatable bonds is 4. The molecule has 3 N–H and O–H groups in total. The summed E-state index contributed by atoms with van der Waals surface area (Å²) in [5, 5.41) is 10.7. The highest BCUT2D eigenvalue weighted by atomic mass is 32.1. The third-order valence-electron chi connectivity index (χ3n) is 3.15. The standard InChI is InChI=1S/C16H15N5O2S2/c1-9-4-3-5-11(8-9)19-14(23)21-16-18-10(2)12(25-16)13(22)20-15-17-6-7-24-15/h3-8H,1-2H3,(H,17,20,22)(H2,18,19,21,23). The Labute approximate surface area is 152 Å². The number of nitrogens with zero attached hydrogens (tertiary/aromatic N) is 2. The first-order chi connectivity index (χ1) is 12.0. The third kappa shape index (κ3) is 4.40. The number of hydrogen-bond acceptors (Lipinski definition) is 6. The molecule has 0 saturated heterocycles. The highest BCUT2D eigenvalue weighted by molar-refractivity contribution is 7.18. The molecule has 0 saturated carbocycles. The lowest BCUT2D eigenvalue weighted by molar-refractivity contribution is 0.102. The third-order valence-corrected chi connectivity index (χ3v) is 4.91. The highest BCUT2D eigenvalue weighted by Gasteiger charge is 2.17. The fourth-order valence-corrected chi connectivity index (χ4v) is 3.46. The average molecular weight is 373 g/mol. The van der Waals surface area contributed by atoms with Crippen LogP contribution in [0.2, 0.25) is 0 Å². The SMILES string of the molecule is Cc1cccc(NC(=O)Nc2nc(C)c(C(=O)Nc3nccs3)s2)c1. The first-order valence-corrected chi connectivity index (χ1v) is 9.04. The van der Waals surface area contributed by atoms with Gasteiger partial charge in [-0.2, -0.15) is 0 Å². The van der Waals surface area contributed by atoms with Crippen molar-refractivity contribution in [3.63, 3.8) is 0 Å². The maximum atomic E-state index is 12.3. The van der Waals surface area contributed by atoms with Crippen molar-refractivity contribution in [2.75, 3.05) is 16.0 Å². The summed E-state index contributed by atoms with van der Waals surface area (Å²) in [6.45, 7) is 3.66. The van der Waals surface area contributed by atoms with Crippen LogP contribution < -0.4 is 16.0 Å². The van der Waals surface area contributed by atoms with Crippen molar-refractivity contribution in [2.45, 2.75) is 13.8 Å². The molecule has 0 aliphatic carbocycles. The molecular formula is C16H15N5O2S2. The first-order valence-electron chi connectivity index (χ1n) is 7.34. The number of aromatic nitrogens is 2. The van der Waals surface area contributed by atoms with E-state index in [1.165, 1.54) is 11.3 Å². The van der Waals surface area contributed by atoms with E-state index < -0.39 is 6.03 Å². The largest absolute Gasteiger partial charge is 0.325 e. The predicted molar refractivity (Wildman–Crippen MR) is 101 cm³/mol. The summed E-state index contributed by atoms with van der Waals surface area (Å²) in [5.74, 6) is -0.294. The molecule has 0 bridgehead atoms.